The molecule has 1 N–H and O–H groups in total. The first kappa shape index (κ1) is 14.5. The Morgan fingerprint density at radius 2 is 2.00 bits per heavy atom. The van der Waals surface area contributed by atoms with Crippen LogP contribution in [0.15, 0.2) is 18.2 Å². The summed E-state index contributed by atoms with van der Waals surface area (Å²) in [5, 5.41) is 9.82. The Hall–Kier alpha value is -1.59. The van der Waals surface area contributed by atoms with E-state index in [0.717, 1.165) is 5.56 Å². The van der Waals surface area contributed by atoms with Crippen molar-refractivity contribution in [3.8, 4) is 5.75 Å². The average molecular weight is 253 g/mol. The summed E-state index contributed by atoms with van der Waals surface area (Å²) in [6.07, 6.45) is -1.29. The number of aliphatic hydroxyl groups is 1. The van der Waals surface area contributed by atoms with Gasteiger partial charge in [0.05, 0.1) is 14.2 Å². The number of methoxy groups -OCH3 is 2. The predicted octanol–water partition coefficient (Wildman–Crippen LogP) is 0.963. The normalized spacial score (nSPS) is 12.3. The fraction of sp³-hybridized carbons (Fsp3) is 0.462. The van der Waals surface area contributed by atoms with Crippen molar-refractivity contribution < 1.29 is 19.4 Å². The molecule has 1 unspecified atom stereocenters. The van der Waals surface area contributed by atoms with E-state index in [-0.39, 0.29) is 0 Å². The summed E-state index contributed by atoms with van der Waals surface area (Å²) >= 11 is 0. The molecule has 0 amide bonds. The lowest BCUT2D eigenvalue weighted by molar-refractivity contribution is -0.150. The van der Waals surface area contributed by atoms with Crippen LogP contribution in [-0.4, -0.2) is 44.3 Å². The number of ether oxygens (including phenoxy) is 2. The van der Waals surface area contributed by atoms with Crippen molar-refractivity contribution >= 4 is 5.97 Å². The van der Waals surface area contributed by atoms with Crippen LogP contribution in [0.1, 0.15) is 17.2 Å². The quantitative estimate of drug-likeness (QED) is 0.792. The number of hydrogen-bond acceptors (Lipinski definition) is 5. The molecule has 1 rings (SSSR count). The van der Waals surface area contributed by atoms with Crippen LogP contribution in [0.5, 0.6) is 5.75 Å². The van der Waals surface area contributed by atoms with Gasteiger partial charge in [-0.25, -0.2) is 4.79 Å². The van der Waals surface area contributed by atoms with Crippen LogP contribution in [0.4, 0.5) is 0 Å². The Morgan fingerprint density at radius 3 is 2.50 bits per heavy atom. The molecule has 5 nitrogen and oxygen atoms in total. The summed E-state index contributed by atoms with van der Waals surface area (Å²) in [5.74, 6) is -0.0774. The Morgan fingerprint density at radius 1 is 1.33 bits per heavy atom. The second-order valence-corrected chi connectivity index (χ2v) is 4.28. The minimum atomic E-state index is -1.29. The van der Waals surface area contributed by atoms with E-state index in [1.165, 1.54) is 7.11 Å². The third-order valence-corrected chi connectivity index (χ3v) is 2.46. The van der Waals surface area contributed by atoms with Crippen LogP contribution in [0, 0.1) is 0 Å². The van der Waals surface area contributed by atoms with E-state index < -0.39 is 12.1 Å². The molecule has 0 saturated heterocycles. The summed E-state index contributed by atoms with van der Waals surface area (Å²) in [5.41, 5.74) is 1.43. The lowest BCUT2D eigenvalue weighted by atomic mass is 10.0. The molecule has 100 valence electrons. The van der Waals surface area contributed by atoms with Gasteiger partial charge in [-0.2, -0.15) is 0 Å². The van der Waals surface area contributed by atoms with Gasteiger partial charge >= 0.3 is 5.97 Å². The SMILES string of the molecule is COC(=O)C(O)c1cc(CN(C)C)cc(OC)c1. The van der Waals surface area contributed by atoms with E-state index >= 15 is 0 Å². The summed E-state index contributed by atoms with van der Waals surface area (Å²) in [4.78, 5) is 13.3. The molecule has 0 bridgehead atoms. The van der Waals surface area contributed by atoms with Crippen LogP contribution in [0.2, 0.25) is 0 Å². The summed E-state index contributed by atoms with van der Waals surface area (Å²) < 4.78 is 9.68. The Bertz CT molecular complexity index is 417. The molecule has 0 spiro atoms. The fourth-order valence-corrected chi connectivity index (χ4v) is 1.67. The molecular weight excluding hydrogens is 234 g/mol. The van der Waals surface area contributed by atoms with Crippen molar-refractivity contribution in [1.82, 2.24) is 4.90 Å². The van der Waals surface area contributed by atoms with Crippen molar-refractivity contribution in [2.45, 2.75) is 12.6 Å². The van der Waals surface area contributed by atoms with Gasteiger partial charge in [-0.3, -0.25) is 0 Å². The highest BCUT2D eigenvalue weighted by atomic mass is 16.5. The van der Waals surface area contributed by atoms with Gasteiger partial charge < -0.3 is 19.5 Å². The van der Waals surface area contributed by atoms with Crippen LogP contribution in [0.25, 0.3) is 0 Å². The summed E-state index contributed by atoms with van der Waals surface area (Å²) in [7, 11) is 6.67. The summed E-state index contributed by atoms with van der Waals surface area (Å²) in [6.45, 7) is 0.693. The third-order valence-electron chi connectivity index (χ3n) is 2.46. The van der Waals surface area contributed by atoms with Crippen LogP contribution in [0.3, 0.4) is 0 Å². The molecule has 0 heterocycles. The maximum Gasteiger partial charge on any atom is 0.339 e. The smallest absolute Gasteiger partial charge is 0.339 e. The van der Waals surface area contributed by atoms with E-state index in [9.17, 15) is 9.90 Å². The van der Waals surface area contributed by atoms with Gasteiger partial charge in [0.1, 0.15) is 5.75 Å². The molecule has 0 radical (unpaired) electrons. The lowest BCUT2D eigenvalue weighted by Crippen LogP contribution is -2.15. The van der Waals surface area contributed by atoms with E-state index in [0.29, 0.717) is 17.9 Å². The molecule has 0 fully saturated rings. The van der Waals surface area contributed by atoms with Gasteiger partial charge in [-0.15, -0.1) is 0 Å². The maximum absolute atomic E-state index is 11.3. The third kappa shape index (κ3) is 3.72. The Balaban J connectivity index is 3.07. The van der Waals surface area contributed by atoms with Gasteiger partial charge in [0.25, 0.3) is 0 Å². The zero-order valence-corrected chi connectivity index (χ0v) is 11.1. The van der Waals surface area contributed by atoms with Gasteiger partial charge in [-0.1, -0.05) is 6.07 Å². The number of benzene rings is 1. The van der Waals surface area contributed by atoms with Crippen molar-refractivity contribution in [1.29, 1.82) is 0 Å². The molecule has 0 aliphatic heterocycles. The van der Waals surface area contributed by atoms with E-state index in [1.54, 1.807) is 19.2 Å². The van der Waals surface area contributed by atoms with Crippen LogP contribution < -0.4 is 4.74 Å². The van der Waals surface area contributed by atoms with Gasteiger partial charge in [0, 0.05) is 6.54 Å². The number of esters is 1. The second kappa shape index (κ2) is 6.37. The molecular formula is C13H19NO4. The van der Waals surface area contributed by atoms with Gasteiger partial charge in [0.15, 0.2) is 6.10 Å². The minimum Gasteiger partial charge on any atom is -0.497 e. The first-order chi connectivity index (χ1) is 8.47. The van der Waals surface area contributed by atoms with E-state index in [1.807, 2.05) is 25.1 Å². The first-order valence-corrected chi connectivity index (χ1v) is 5.56. The van der Waals surface area contributed by atoms with Crippen molar-refractivity contribution in [3.05, 3.63) is 29.3 Å². The highest BCUT2D eigenvalue weighted by Crippen LogP contribution is 2.23. The predicted molar refractivity (Wildman–Crippen MR) is 67.4 cm³/mol. The van der Waals surface area contributed by atoms with Gasteiger partial charge in [0.2, 0.25) is 0 Å². The molecule has 0 aliphatic rings. The average Bonchev–Trinajstić information content (AvgIpc) is 2.35. The largest absolute Gasteiger partial charge is 0.497 e. The number of nitrogens with zero attached hydrogens (tertiary/aromatic N) is 1. The van der Waals surface area contributed by atoms with Crippen molar-refractivity contribution in [2.75, 3.05) is 28.3 Å². The fourth-order valence-electron chi connectivity index (χ4n) is 1.67. The number of rotatable bonds is 5. The van der Waals surface area contributed by atoms with E-state index in [4.69, 9.17) is 4.74 Å². The van der Waals surface area contributed by atoms with Gasteiger partial charge in [-0.05, 0) is 37.4 Å². The second-order valence-electron chi connectivity index (χ2n) is 4.28. The molecule has 0 aromatic heterocycles. The Kier molecular flexibility index (Phi) is 5.12. The van der Waals surface area contributed by atoms with Crippen LogP contribution >= 0.6 is 0 Å². The number of aliphatic hydroxyl groups excluding tert-OH is 1. The highest BCUT2D eigenvalue weighted by molar-refractivity contribution is 5.76. The molecule has 1 aromatic rings. The zero-order chi connectivity index (χ0) is 13.7. The number of carbonyl (C=O) groups excluding carboxylic acids is 1. The molecule has 1 aromatic carbocycles. The monoisotopic (exact) mass is 253 g/mol. The van der Waals surface area contributed by atoms with E-state index in [2.05, 4.69) is 4.74 Å². The maximum atomic E-state index is 11.3. The van der Waals surface area contributed by atoms with Crippen LogP contribution in [-0.2, 0) is 16.1 Å². The molecule has 1 atom stereocenters. The zero-order valence-electron chi connectivity index (χ0n) is 11.1. The number of carbonyl (C=O) groups is 1. The molecule has 0 saturated carbocycles. The highest BCUT2D eigenvalue weighted by Gasteiger charge is 2.19. The first-order valence-electron chi connectivity index (χ1n) is 5.56. The topological polar surface area (TPSA) is 59.0 Å². The standard InChI is InChI=1S/C13H19NO4/c1-14(2)8-9-5-10(7-11(6-9)17-3)12(15)13(16)18-4/h5-7,12,15H,8H2,1-4H3. The van der Waals surface area contributed by atoms with Crippen molar-refractivity contribution in [3.63, 3.8) is 0 Å². The Labute approximate surface area is 107 Å². The minimum absolute atomic E-state index is 0.470. The summed E-state index contributed by atoms with van der Waals surface area (Å²) in [6, 6.07) is 5.26. The molecule has 18 heavy (non-hydrogen) atoms. The number of hydrogen-bond donors (Lipinski definition) is 1. The molecule has 5 heteroatoms. The lowest BCUT2D eigenvalue weighted by Gasteiger charge is -2.15. The van der Waals surface area contributed by atoms with Crippen molar-refractivity contribution in [2.24, 2.45) is 0 Å². The molecule has 0 aliphatic carbocycles.